The van der Waals surface area contributed by atoms with Crippen molar-refractivity contribution in [3.8, 4) is 0 Å². The van der Waals surface area contributed by atoms with E-state index < -0.39 is 8.24 Å². The van der Waals surface area contributed by atoms with Crippen LogP contribution in [-0.2, 0) is 21.7 Å². The van der Waals surface area contributed by atoms with Crippen LogP contribution in [0.15, 0.2) is 41.9 Å². The van der Waals surface area contributed by atoms with Crippen molar-refractivity contribution in [2.45, 2.75) is 45.8 Å². The van der Waals surface area contributed by atoms with E-state index in [-0.39, 0.29) is 52.1 Å². The summed E-state index contributed by atoms with van der Waals surface area (Å²) >= 11 is 0. The van der Waals surface area contributed by atoms with Crippen LogP contribution in [0.5, 0.6) is 0 Å². The molecule has 0 saturated carbocycles. The van der Waals surface area contributed by atoms with Gasteiger partial charge in [0.15, 0.2) is 0 Å². The van der Waals surface area contributed by atoms with Crippen LogP contribution in [0.3, 0.4) is 0 Å². The van der Waals surface area contributed by atoms with Crippen LogP contribution in [-0.4, -0.2) is 18.3 Å². The van der Waals surface area contributed by atoms with Crippen LogP contribution < -0.4 is 29.8 Å². The second-order valence-corrected chi connectivity index (χ2v) is 10.7. The van der Waals surface area contributed by atoms with Crippen LogP contribution in [0.4, 0.5) is 0 Å². The molecule has 1 aromatic heterocycles. The second-order valence-electron chi connectivity index (χ2n) is 6.59. The fourth-order valence-corrected chi connectivity index (χ4v) is 5.81. The van der Waals surface area contributed by atoms with Gasteiger partial charge < -0.3 is 34.4 Å². The maximum Gasteiger partial charge on any atom is 2.00 e. The molecule has 1 aromatic rings. The average molecular weight is 379 g/mol. The van der Waals surface area contributed by atoms with Crippen LogP contribution in [0.2, 0.25) is 13.1 Å². The number of hydrogen-bond donors (Lipinski definition) is 1. The van der Waals surface area contributed by atoms with E-state index >= 15 is 0 Å². The molecule has 116 valence electrons. The Labute approximate surface area is 157 Å². The first kappa shape index (κ1) is 23.5. The maximum absolute atomic E-state index is 3.83. The molecule has 0 fully saturated rings. The molecule has 0 amide bonds. The van der Waals surface area contributed by atoms with Gasteiger partial charge in [-0.3, -0.25) is 0 Å². The number of nitrogens with zero attached hydrogens (tertiary/aromatic N) is 1. The third kappa shape index (κ3) is 6.47. The molecule has 1 heterocycles. The van der Waals surface area contributed by atoms with Gasteiger partial charge in [-0.1, -0.05) is 24.4 Å². The van der Waals surface area contributed by atoms with Crippen molar-refractivity contribution in [3.63, 3.8) is 0 Å². The number of rotatable bonds is 3. The van der Waals surface area contributed by atoms with Crippen molar-refractivity contribution in [1.29, 1.82) is 0 Å². The summed E-state index contributed by atoms with van der Waals surface area (Å²) < 4.78 is 2.19. The molecule has 1 N–H and O–H groups in total. The summed E-state index contributed by atoms with van der Waals surface area (Å²) in [6, 6.07) is 4.14. The summed E-state index contributed by atoms with van der Waals surface area (Å²) in [6.07, 6.45) is 10.0. The van der Waals surface area contributed by atoms with E-state index in [9.17, 15) is 0 Å². The van der Waals surface area contributed by atoms with E-state index in [1.165, 1.54) is 5.70 Å². The molecule has 1 aliphatic carbocycles. The predicted octanol–water partition coefficient (Wildman–Crippen LogP) is -2.20. The molecule has 0 aliphatic heterocycles. The molecule has 2 rings (SSSR count). The van der Waals surface area contributed by atoms with Gasteiger partial charge in [-0.15, -0.1) is 0 Å². The van der Waals surface area contributed by atoms with E-state index in [2.05, 4.69) is 80.1 Å². The molecule has 0 radical (unpaired) electrons. The molecule has 0 aromatic carbocycles. The fraction of sp³-hybridized carbons (Fsp3) is 0.467. The summed E-state index contributed by atoms with van der Waals surface area (Å²) in [4.78, 5) is 3.83. The Kier molecular flexibility index (Phi) is 9.80. The van der Waals surface area contributed by atoms with Crippen LogP contribution in [0, 0.1) is 0 Å². The van der Waals surface area contributed by atoms with E-state index in [4.69, 9.17) is 0 Å². The van der Waals surface area contributed by atoms with Gasteiger partial charge in [0.1, 0.15) is 8.24 Å². The number of nitrogens with one attached hydrogen (secondary N) is 1. The van der Waals surface area contributed by atoms with Gasteiger partial charge in [0.05, 0.1) is 0 Å². The first-order valence-electron chi connectivity index (χ1n) is 6.62. The third-order valence-corrected chi connectivity index (χ3v) is 6.58. The van der Waals surface area contributed by atoms with Gasteiger partial charge in [0.25, 0.3) is 0 Å². The first-order chi connectivity index (χ1) is 8.28. The Morgan fingerprint density at radius 1 is 1.10 bits per heavy atom. The summed E-state index contributed by atoms with van der Waals surface area (Å²) in [5.41, 5.74) is 1.50. The van der Waals surface area contributed by atoms with E-state index in [0.29, 0.717) is 0 Å². The zero-order valence-corrected chi connectivity index (χ0v) is 17.4. The minimum Gasteiger partial charge on any atom is -1.00 e. The minimum atomic E-state index is -1.51. The summed E-state index contributed by atoms with van der Waals surface area (Å²) in [5.74, 6) is 0. The molecule has 0 bridgehead atoms. The van der Waals surface area contributed by atoms with Crippen molar-refractivity contribution in [3.05, 3.63) is 41.9 Å². The normalized spacial score (nSPS) is 14.3. The standard InChI is InChI=1S/C15H24N2Si.2ClH.Ti/c1-15(2,3)16-18(4,5)14-9-8-13(12-14)17-10-6-7-11-17;;;/h6-8,10-12,16H,9H2,1-5H3;2*1H;/q;;;+2/p-2. The number of allylic oxidation sites excluding steroid dienone is 4. The molecular formula is C15H24Cl2N2SiTi. The van der Waals surface area contributed by atoms with Gasteiger partial charge in [-0.2, -0.15) is 0 Å². The van der Waals surface area contributed by atoms with E-state index in [1.807, 2.05) is 0 Å². The molecule has 0 spiro atoms. The Morgan fingerprint density at radius 2 is 1.62 bits per heavy atom. The summed E-state index contributed by atoms with van der Waals surface area (Å²) in [5, 5.41) is 1.58. The molecule has 21 heavy (non-hydrogen) atoms. The fourth-order valence-electron chi connectivity index (χ4n) is 2.65. The largest absolute Gasteiger partial charge is 2.00 e. The maximum atomic E-state index is 3.83. The molecule has 0 atom stereocenters. The monoisotopic (exact) mass is 378 g/mol. The quantitative estimate of drug-likeness (QED) is 0.590. The molecule has 0 unspecified atom stereocenters. The Balaban J connectivity index is 0. The first-order valence-corrected chi connectivity index (χ1v) is 9.62. The van der Waals surface area contributed by atoms with Crippen molar-refractivity contribution < 1.29 is 46.5 Å². The molecule has 6 heteroatoms. The Morgan fingerprint density at radius 3 is 2.10 bits per heavy atom. The third-order valence-electron chi connectivity index (χ3n) is 3.25. The Bertz CT molecular complexity index is 488. The Hall–Kier alpha value is 0.231. The SMILES string of the molecule is CC(C)(C)N[Si](C)(C)C1=CC(n2cccc2)=CC1.[Cl-].[Cl-].[Ti+2]. The van der Waals surface area contributed by atoms with Gasteiger partial charge in [0.2, 0.25) is 0 Å². The minimum absolute atomic E-state index is 0. The van der Waals surface area contributed by atoms with Crippen molar-refractivity contribution in [2.24, 2.45) is 0 Å². The number of hydrogen-bond acceptors (Lipinski definition) is 1. The second kappa shape index (κ2) is 8.76. The molecule has 2 nitrogen and oxygen atoms in total. The number of halogens is 2. The van der Waals surface area contributed by atoms with E-state index in [1.54, 1.807) is 5.20 Å². The molecule has 1 aliphatic rings. The van der Waals surface area contributed by atoms with Gasteiger partial charge in [-0.25, -0.2) is 0 Å². The van der Waals surface area contributed by atoms with Gasteiger partial charge in [-0.05, 0) is 45.4 Å². The number of aromatic nitrogens is 1. The summed E-state index contributed by atoms with van der Waals surface area (Å²) in [7, 11) is -1.51. The van der Waals surface area contributed by atoms with Crippen LogP contribution in [0.25, 0.3) is 5.70 Å². The smallest absolute Gasteiger partial charge is 1.00 e. The topological polar surface area (TPSA) is 17.0 Å². The molecular weight excluding hydrogens is 355 g/mol. The summed E-state index contributed by atoms with van der Waals surface area (Å²) in [6.45, 7) is 11.5. The van der Waals surface area contributed by atoms with Crippen molar-refractivity contribution >= 4 is 13.9 Å². The van der Waals surface area contributed by atoms with E-state index in [0.717, 1.165) is 6.42 Å². The van der Waals surface area contributed by atoms with Crippen molar-refractivity contribution in [2.75, 3.05) is 0 Å². The zero-order valence-electron chi connectivity index (χ0n) is 13.4. The van der Waals surface area contributed by atoms with Crippen LogP contribution in [0.1, 0.15) is 27.2 Å². The van der Waals surface area contributed by atoms with Gasteiger partial charge >= 0.3 is 21.7 Å². The van der Waals surface area contributed by atoms with Crippen molar-refractivity contribution in [1.82, 2.24) is 9.55 Å². The van der Waals surface area contributed by atoms with Crippen LogP contribution >= 0.6 is 0 Å². The average Bonchev–Trinajstić information content (AvgIpc) is 2.85. The zero-order chi connectivity index (χ0) is 13.4. The molecule has 0 saturated heterocycles. The predicted molar refractivity (Wildman–Crippen MR) is 81.8 cm³/mol. The van der Waals surface area contributed by atoms with Gasteiger partial charge in [0, 0.05) is 23.6 Å².